The first-order valence-corrected chi connectivity index (χ1v) is 5.62. The quantitative estimate of drug-likeness (QED) is 0.620. The highest BCUT2D eigenvalue weighted by Crippen LogP contribution is 2.23. The molecule has 104 valence electrons. The summed E-state index contributed by atoms with van der Waals surface area (Å²) in [6.45, 7) is 3.48. The monoisotopic (exact) mass is 267 g/mol. The molecule has 1 aromatic rings. The molecule has 0 aromatic heterocycles. The van der Waals surface area contributed by atoms with E-state index in [2.05, 4.69) is 4.74 Å². The maximum absolute atomic E-state index is 11.5. The number of aromatic carboxylic acids is 1. The van der Waals surface area contributed by atoms with Gasteiger partial charge in [-0.2, -0.15) is 0 Å². The molecule has 0 spiro atoms. The second-order valence-corrected chi connectivity index (χ2v) is 4.72. The largest absolute Gasteiger partial charge is 0.492 e. The van der Waals surface area contributed by atoms with Crippen molar-refractivity contribution in [3.63, 3.8) is 0 Å². The van der Waals surface area contributed by atoms with Gasteiger partial charge in [0.2, 0.25) is 0 Å². The van der Waals surface area contributed by atoms with Crippen LogP contribution in [-0.4, -0.2) is 30.8 Å². The van der Waals surface area contributed by atoms with Crippen molar-refractivity contribution in [2.24, 2.45) is 5.41 Å². The highest BCUT2D eigenvalue weighted by molar-refractivity contribution is 5.93. The molecule has 3 N–H and O–H groups in total. The lowest BCUT2D eigenvalue weighted by molar-refractivity contribution is -0.152. The summed E-state index contributed by atoms with van der Waals surface area (Å²) < 4.78 is 10.1. The Bertz CT molecular complexity index is 496. The second-order valence-electron chi connectivity index (χ2n) is 4.72. The number of carboxylic acid groups (broad SMARTS) is 1. The van der Waals surface area contributed by atoms with Crippen LogP contribution in [0.15, 0.2) is 18.2 Å². The third kappa shape index (κ3) is 3.61. The first-order chi connectivity index (χ1) is 8.77. The Hall–Kier alpha value is -2.24. The van der Waals surface area contributed by atoms with Crippen molar-refractivity contribution in [1.82, 2.24) is 0 Å². The summed E-state index contributed by atoms with van der Waals surface area (Å²) in [5.74, 6) is -1.08. The van der Waals surface area contributed by atoms with Crippen molar-refractivity contribution in [2.75, 3.05) is 19.5 Å². The van der Waals surface area contributed by atoms with Crippen LogP contribution in [0.25, 0.3) is 0 Å². The molecule has 1 rings (SSSR count). The fraction of sp³-hybridized carbons (Fsp3) is 0.385. The number of nitrogen functional groups attached to an aromatic ring is 1. The summed E-state index contributed by atoms with van der Waals surface area (Å²) >= 11 is 0. The fourth-order valence-electron chi connectivity index (χ4n) is 1.42. The number of esters is 1. The van der Waals surface area contributed by atoms with Gasteiger partial charge in [0.15, 0.2) is 0 Å². The first-order valence-electron chi connectivity index (χ1n) is 5.62. The summed E-state index contributed by atoms with van der Waals surface area (Å²) in [6.07, 6.45) is 0. The van der Waals surface area contributed by atoms with Crippen molar-refractivity contribution in [3.8, 4) is 5.75 Å². The van der Waals surface area contributed by atoms with Crippen LogP contribution in [0.1, 0.15) is 24.2 Å². The number of rotatable bonds is 5. The molecule has 19 heavy (non-hydrogen) atoms. The van der Waals surface area contributed by atoms with Crippen LogP contribution in [0, 0.1) is 5.41 Å². The Morgan fingerprint density at radius 1 is 1.37 bits per heavy atom. The molecule has 0 heterocycles. The molecule has 0 aliphatic heterocycles. The molecule has 0 fully saturated rings. The van der Waals surface area contributed by atoms with E-state index >= 15 is 0 Å². The van der Waals surface area contributed by atoms with Gasteiger partial charge in [-0.05, 0) is 26.0 Å². The number of carboxylic acids is 1. The van der Waals surface area contributed by atoms with Crippen molar-refractivity contribution < 1.29 is 24.2 Å². The van der Waals surface area contributed by atoms with Crippen molar-refractivity contribution in [1.29, 1.82) is 0 Å². The predicted molar refractivity (Wildman–Crippen MR) is 69.1 cm³/mol. The molecule has 0 bridgehead atoms. The molecule has 0 amide bonds. The Morgan fingerprint density at radius 3 is 2.47 bits per heavy atom. The zero-order valence-corrected chi connectivity index (χ0v) is 11.1. The van der Waals surface area contributed by atoms with E-state index in [0.717, 1.165) is 0 Å². The first kappa shape index (κ1) is 14.8. The van der Waals surface area contributed by atoms with Crippen LogP contribution >= 0.6 is 0 Å². The molecule has 0 atom stereocenters. The molecule has 0 radical (unpaired) electrons. The number of methoxy groups -OCH3 is 1. The predicted octanol–water partition coefficient (Wildman–Crippen LogP) is 1.54. The summed E-state index contributed by atoms with van der Waals surface area (Å²) in [7, 11) is 1.31. The van der Waals surface area contributed by atoms with Gasteiger partial charge in [-0.1, -0.05) is 0 Å². The highest BCUT2D eigenvalue weighted by Gasteiger charge is 2.29. The standard InChI is InChI=1S/C13H17NO5/c1-13(2,12(17)18-3)7-19-8-4-5-9(11(15)16)10(14)6-8/h4-6H,7,14H2,1-3H3,(H,15,16). The molecule has 0 aliphatic rings. The molecular formula is C13H17NO5. The Balaban J connectivity index is 2.77. The maximum atomic E-state index is 11.5. The van der Waals surface area contributed by atoms with Gasteiger partial charge in [0.1, 0.15) is 12.4 Å². The number of carbonyl (C=O) groups excluding carboxylic acids is 1. The lowest BCUT2D eigenvalue weighted by Crippen LogP contribution is -2.32. The van der Waals surface area contributed by atoms with Crippen molar-refractivity contribution >= 4 is 17.6 Å². The van der Waals surface area contributed by atoms with Crippen LogP contribution < -0.4 is 10.5 Å². The third-order valence-electron chi connectivity index (χ3n) is 2.59. The van der Waals surface area contributed by atoms with Gasteiger partial charge in [-0.3, -0.25) is 4.79 Å². The average Bonchev–Trinajstić information content (AvgIpc) is 2.35. The van der Waals surface area contributed by atoms with Gasteiger partial charge in [-0.25, -0.2) is 4.79 Å². The van der Waals surface area contributed by atoms with Gasteiger partial charge in [-0.15, -0.1) is 0 Å². The van der Waals surface area contributed by atoms with E-state index in [1.165, 1.54) is 25.3 Å². The number of hydrogen-bond acceptors (Lipinski definition) is 5. The van der Waals surface area contributed by atoms with Crippen LogP contribution in [0.3, 0.4) is 0 Å². The molecule has 0 saturated carbocycles. The lowest BCUT2D eigenvalue weighted by atomic mass is 9.95. The van der Waals surface area contributed by atoms with Crippen LogP contribution in [0.4, 0.5) is 5.69 Å². The Kier molecular flexibility index (Phi) is 4.37. The zero-order valence-electron chi connectivity index (χ0n) is 11.1. The summed E-state index contributed by atoms with van der Waals surface area (Å²) in [5, 5.41) is 8.84. The minimum absolute atomic E-state index is 0.0135. The minimum Gasteiger partial charge on any atom is -0.492 e. The topological polar surface area (TPSA) is 98.8 Å². The zero-order chi connectivity index (χ0) is 14.6. The third-order valence-corrected chi connectivity index (χ3v) is 2.59. The molecule has 6 heteroatoms. The lowest BCUT2D eigenvalue weighted by Gasteiger charge is -2.21. The van der Waals surface area contributed by atoms with E-state index in [1.807, 2.05) is 0 Å². The van der Waals surface area contributed by atoms with Crippen LogP contribution in [0.2, 0.25) is 0 Å². The maximum Gasteiger partial charge on any atom is 0.337 e. The van der Waals surface area contributed by atoms with E-state index in [1.54, 1.807) is 13.8 Å². The summed E-state index contributed by atoms with van der Waals surface area (Å²) in [6, 6.07) is 4.27. The molecule has 0 unspecified atom stereocenters. The van der Waals surface area contributed by atoms with Crippen molar-refractivity contribution in [2.45, 2.75) is 13.8 Å². The number of ether oxygens (including phenoxy) is 2. The average molecular weight is 267 g/mol. The van der Waals surface area contributed by atoms with Gasteiger partial charge in [0.25, 0.3) is 0 Å². The smallest absolute Gasteiger partial charge is 0.337 e. The highest BCUT2D eigenvalue weighted by atomic mass is 16.5. The van der Waals surface area contributed by atoms with Gasteiger partial charge >= 0.3 is 11.9 Å². The fourth-order valence-corrected chi connectivity index (χ4v) is 1.42. The molecule has 1 aromatic carbocycles. The van der Waals surface area contributed by atoms with Gasteiger partial charge < -0.3 is 20.3 Å². The number of benzene rings is 1. The molecule has 6 nitrogen and oxygen atoms in total. The normalized spacial score (nSPS) is 10.9. The molecule has 0 saturated heterocycles. The SMILES string of the molecule is COC(=O)C(C)(C)COc1ccc(C(=O)O)c(N)c1. The summed E-state index contributed by atoms with van der Waals surface area (Å²) in [5.41, 5.74) is 4.92. The van der Waals surface area contributed by atoms with Crippen LogP contribution in [-0.2, 0) is 9.53 Å². The van der Waals surface area contributed by atoms with E-state index in [4.69, 9.17) is 15.6 Å². The van der Waals surface area contributed by atoms with Gasteiger partial charge in [0.05, 0.1) is 18.1 Å². The summed E-state index contributed by atoms with van der Waals surface area (Å²) in [4.78, 5) is 22.3. The van der Waals surface area contributed by atoms with E-state index in [-0.39, 0.29) is 23.8 Å². The van der Waals surface area contributed by atoms with Crippen LogP contribution in [0.5, 0.6) is 5.75 Å². The number of nitrogens with two attached hydrogens (primary N) is 1. The molecular weight excluding hydrogens is 250 g/mol. The molecule has 0 aliphatic carbocycles. The Morgan fingerprint density at radius 2 is 2.00 bits per heavy atom. The van der Waals surface area contributed by atoms with E-state index < -0.39 is 11.4 Å². The minimum atomic E-state index is -1.10. The van der Waals surface area contributed by atoms with Crippen molar-refractivity contribution in [3.05, 3.63) is 23.8 Å². The van der Waals surface area contributed by atoms with E-state index in [0.29, 0.717) is 5.75 Å². The van der Waals surface area contributed by atoms with E-state index in [9.17, 15) is 9.59 Å². The number of anilines is 1. The van der Waals surface area contributed by atoms with Gasteiger partial charge in [0, 0.05) is 11.8 Å². The second kappa shape index (κ2) is 5.60. The Labute approximate surface area is 111 Å². The number of hydrogen-bond donors (Lipinski definition) is 2. The number of carbonyl (C=O) groups is 2.